The van der Waals surface area contributed by atoms with Gasteiger partial charge in [0.25, 0.3) is 0 Å². The first-order chi connectivity index (χ1) is 6.02. The maximum absolute atomic E-state index is 8.69. The van der Waals surface area contributed by atoms with Crippen LogP contribution in [0.5, 0.6) is 0 Å². The lowest BCUT2D eigenvalue weighted by Gasteiger charge is -2.18. The first-order valence-corrected chi connectivity index (χ1v) is 4.85. The summed E-state index contributed by atoms with van der Waals surface area (Å²) in [6.07, 6.45) is 6.08. The highest BCUT2D eigenvalue weighted by molar-refractivity contribution is 4.96. The summed E-state index contributed by atoms with van der Waals surface area (Å²) in [6.45, 7) is 6.48. The Kier molecular flexibility index (Phi) is 6.00. The molecule has 0 amide bonds. The van der Waals surface area contributed by atoms with Crippen LogP contribution in [0.1, 0.15) is 33.6 Å². The Morgan fingerprint density at radius 3 is 2.54 bits per heavy atom. The van der Waals surface area contributed by atoms with Crippen LogP contribution in [0.2, 0.25) is 0 Å². The molecule has 0 aliphatic rings. The van der Waals surface area contributed by atoms with Crippen LogP contribution >= 0.6 is 0 Å². The van der Waals surface area contributed by atoms with Crippen molar-refractivity contribution < 1.29 is 9.84 Å². The van der Waals surface area contributed by atoms with Gasteiger partial charge >= 0.3 is 0 Å². The topological polar surface area (TPSA) is 29.5 Å². The van der Waals surface area contributed by atoms with Crippen LogP contribution in [-0.2, 0) is 4.74 Å². The van der Waals surface area contributed by atoms with E-state index in [0.717, 1.165) is 12.8 Å². The van der Waals surface area contributed by atoms with Gasteiger partial charge in [-0.15, -0.1) is 0 Å². The van der Waals surface area contributed by atoms with E-state index in [1.54, 1.807) is 7.11 Å². The van der Waals surface area contributed by atoms with Gasteiger partial charge in [-0.3, -0.25) is 0 Å². The molecule has 0 saturated heterocycles. The van der Waals surface area contributed by atoms with Crippen LogP contribution in [0, 0.1) is 5.92 Å². The average Bonchev–Trinajstić information content (AvgIpc) is 2.05. The summed E-state index contributed by atoms with van der Waals surface area (Å²) in [7, 11) is 1.71. The molecule has 0 spiro atoms. The summed E-state index contributed by atoms with van der Waals surface area (Å²) in [4.78, 5) is 0. The molecule has 0 saturated carbocycles. The molecule has 78 valence electrons. The van der Waals surface area contributed by atoms with E-state index in [2.05, 4.69) is 19.1 Å². The van der Waals surface area contributed by atoms with Crippen molar-refractivity contribution in [1.29, 1.82) is 0 Å². The minimum absolute atomic E-state index is 0.168. The van der Waals surface area contributed by atoms with Crippen LogP contribution in [0.3, 0.4) is 0 Å². The predicted molar refractivity (Wildman–Crippen MR) is 55.7 cm³/mol. The van der Waals surface area contributed by atoms with Gasteiger partial charge < -0.3 is 9.84 Å². The number of allylic oxidation sites excluding steroid dienone is 1. The number of rotatable bonds is 6. The SMILES string of the molecule is COC(C)(C)/C=C/C[C@H](C)CCO. The fourth-order valence-electron chi connectivity index (χ4n) is 0.990. The van der Waals surface area contributed by atoms with E-state index in [1.165, 1.54) is 0 Å². The van der Waals surface area contributed by atoms with Gasteiger partial charge in [-0.2, -0.15) is 0 Å². The molecule has 0 radical (unpaired) electrons. The summed E-state index contributed by atoms with van der Waals surface area (Å²) in [5, 5.41) is 8.69. The molecule has 0 aromatic carbocycles. The maximum Gasteiger partial charge on any atom is 0.0802 e. The molecule has 0 aliphatic carbocycles. The maximum atomic E-state index is 8.69. The fraction of sp³-hybridized carbons (Fsp3) is 0.818. The Morgan fingerprint density at radius 1 is 1.46 bits per heavy atom. The van der Waals surface area contributed by atoms with Crippen LogP contribution in [-0.4, -0.2) is 24.4 Å². The van der Waals surface area contributed by atoms with Gasteiger partial charge in [-0.25, -0.2) is 0 Å². The number of aliphatic hydroxyl groups excluding tert-OH is 1. The van der Waals surface area contributed by atoms with Gasteiger partial charge in [0.05, 0.1) is 5.60 Å². The highest BCUT2D eigenvalue weighted by Gasteiger charge is 2.10. The molecular formula is C11H22O2. The Balaban J connectivity index is 3.73. The second-order valence-corrected chi connectivity index (χ2v) is 4.06. The van der Waals surface area contributed by atoms with Gasteiger partial charge in [-0.05, 0) is 32.6 Å². The van der Waals surface area contributed by atoms with Crippen molar-refractivity contribution in [2.75, 3.05) is 13.7 Å². The molecule has 0 rings (SSSR count). The number of methoxy groups -OCH3 is 1. The third-order valence-electron chi connectivity index (χ3n) is 2.21. The van der Waals surface area contributed by atoms with E-state index < -0.39 is 0 Å². The normalized spacial score (nSPS) is 15.2. The van der Waals surface area contributed by atoms with Crippen LogP contribution in [0.15, 0.2) is 12.2 Å². The Bertz CT molecular complexity index is 150. The van der Waals surface area contributed by atoms with Crippen LogP contribution in [0.25, 0.3) is 0 Å². The Hall–Kier alpha value is -0.340. The second-order valence-electron chi connectivity index (χ2n) is 4.06. The molecule has 13 heavy (non-hydrogen) atoms. The van der Waals surface area contributed by atoms with Crippen molar-refractivity contribution >= 4 is 0 Å². The summed E-state index contributed by atoms with van der Waals surface area (Å²) >= 11 is 0. The molecule has 0 bridgehead atoms. The first kappa shape index (κ1) is 12.7. The molecule has 0 heterocycles. The molecule has 2 nitrogen and oxygen atoms in total. The zero-order valence-corrected chi connectivity index (χ0v) is 9.21. The molecule has 2 heteroatoms. The van der Waals surface area contributed by atoms with E-state index in [1.807, 2.05) is 13.8 Å². The summed E-state index contributed by atoms with van der Waals surface area (Å²) in [6, 6.07) is 0. The first-order valence-electron chi connectivity index (χ1n) is 4.85. The van der Waals surface area contributed by atoms with E-state index >= 15 is 0 Å². The zero-order valence-electron chi connectivity index (χ0n) is 9.21. The van der Waals surface area contributed by atoms with Gasteiger partial charge in [0.2, 0.25) is 0 Å². The highest BCUT2D eigenvalue weighted by atomic mass is 16.5. The molecule has 0 fully saturated rings. The lowest BCUT2D eigenvalue weighted by Crippen LogP contribution is -2.18. The Morgan fingerprint density at radius 2 is 2.08 bits per heavy atom. The quantitative estimate of drug-likeness (QED) is 0.645. The van der Waals surface area contributed by atoms with Crippen molar-refractivity contribution in [2.24, 2.45) is 5.92 Å². The van der Waals surface area contributed by atoms with Crippen molar-refractivity contribution in [3.05, 3.63) is 12.2 Å². The van der Waals surface area contributed by atoms with Crippen LogP contribution in [0.4, 0.5) is 0 Å². The minimum atomic E-state index is -0.168. The third-order valence-corrected chi connectivity index (χ3v) is 2.21. The monoisotopic (exact) mass is 186 g/mol. The third kappa shape index (κ3) is 6.79. The van der Waals surface area contributed by atoms with Gasteiger partial charge in [0.15, 0.2) is 0 Å². The number of aliphatic hydroxyl groups is 1. The lowest BCUT2D eigenvalue weighted by atomic mass is 10.0. The van der Waals surface area contributed by atoms with Crippen molar-refractivity contribution in [3.8, 4) is 0 Å². The number of hydrogen-bond donors (Lipinski definition) is 1. The van der Waals surface area contributed by atoms with E-state index in [9.17, 15) is 0 Å². The zero-order chi connectivity index (χ0) is 10.3. The molecule has 0 aromatic rings. The van der Waals surface area contributed by atoms with Crippen molar-refractivity contribution in [2.45, 2.75) is 39.2 Å². The van der Waals surface area contributed by atoms with Crippen molar-refractivity contribution in [1.82, 2.24) is 0 Å². The second kappa shape index (κ2) is 6.17. The summed E-state index contributed by atoms with van der Waals surface area (Å²) in [5.74, 6) is 0.550. The van der Waals surface area contributed by atoms with E-state index in [-0.39, 0.29) is 12.2 Å². The fourth-order valence-corrected chi connectivity index (χ4v) is 0.990. The predicted octanol–water partition coefficient (Wildman–Crippen LogP) is 2.38. The highest BCUT2D eigenvalue weighted by Crippen LogP contribution is 2.12. The van der Waals surface area contributed by atoms with Gasteiger partial charge in [0.1, 0.15) is 0 Å². The van der Waals surface area contributed by atoms with E-state index in [4.69, 9.17) is 9.84 Å². The van der Waals surface area contributed by atoms with E-state index in [0.29, 0.717) is 5.92 Å². The summed E-state index contributed by atoms with van der Waals surface area (Å²) in [5.41, 5.74) is -0.168. The lowest BCUT2D eigenvalue weighted by molar-refractivity contribution is 0.0653. The minimum Gasteiger partial charge on any atom is -0.396 e. The molecule has 1 atom stereocenters. The summed E-state index contributed by atoms with van der Waals surface area (Å²) < 4.78 is 5.24. The average molecular weight is 186 g/mol. The van der Waals surface area contributed by atoms with Gasteiger partial charge in [0, 0.05) is 13.7 Å². The number of ether oxygens (including phenoxy) is 1. The molecule has 1 N–H and O–H groups in total. The number of hydrogen-bond acceptors (Lipinski definition) is 2. The Labute approximate surface area is 81.6 Å². The molecular weight excluding hydrogens is 164 g/mol. The largest absolute Gasteiger partial charge is 0.396 e. The van der Waals surface area contributed by atoms with Crippen molar-refractivity contribution in [3.63, 3.8) is 0 Å². The standard InChI is InChI=1S/C11H22O2/c1-10(7-9-12)6-5-8-11(2,3)13-4/h5,8,10,12H,6-7,9H2,1-4H3/b8-5+/t10-/m0/s1. The smallest absolute Gasteiger partial charge is 0.0802 e. The molecule has 0 aliphatic heterocycles. The molecule has 0 aromatic heterocycles. The van der Waals surface area contributed by atoms with Crippen LogP contribution < -0.4 is 0 Å². The molecule has 0 unspecified atom stereocenters. The van der Waals surface area contributed by atoms with Gasteiger partial charge in [-0.1, -0.05) is 19.1 Å².